The normalized spacial score (nSPS) is 13.0. The van der Waals surface area contributed by atoms with Crippen molar-refractivity contribution in [2.24, 2.45) is 7.05 Å². The van der Waals surface area contributed by atoms with Crippen molar-refractivity contribution in [3.05, 3.63) is 93.2 Å². The lowest BCUT2D eigenvalue weighted by molar-refractivity contribution is -0.137. The number of nitrogens with zero attached hydrogens (tertiary/aromatic N) is 3. The summed E-state index contributed by atoms with van der Waals surface area (Å²) < 4.78 is 40.5. The van der Waals surface area contributed by atoms with Crippen LogP contribution in [-0.2, 0) is 26.1 Å². The second kappa shape index (κ2) is 8.80. The molecule has 0 amide bonds. The van der Waals surface area contributed by atoms with Gasteiger partial charge in [-0.3, -0.25) is 4.98 Å². The summed E-state index contributed by atoms with van der Waals surface area (Å²) in [5, 5.41) is 12.1. The molecule has 0 spiro atoms. The number of pyridine rings is 1. The first-order valence-electron chi connectivity index (χ1n) is 10.5. The lowest BCUT2D eigenvalue weighted by atomic mass is 9.97. The van der Waals surface area contributed by atoms with Crippen molar-refractivity contribution in [3.8, 4) is 0 Å². The van der Waals surface area contributed by atoms with E-state index in [1.54, 1.807) is 6.20 Å². The Morgan fingerprint density at radius 1 is 1.12 bits per heavy atom. The number of aliphatic hydroxyl groups excluding tert-OH is 1. The van der Waals surface area contributed by atoms with E-state index in [1.807, 2.05) is 43.7 Å². The first-order valence-corrected chi connectivity index (χ1v) is 10.9. The Balaban J connectivity index is 1.75. The molecule has 1 atom stereocenters. The molecule has 0 radical (unpaired) electrons. The van der Waals surface area contributed by atoms with E-state index in [2.05, 4.69) is 4.98 Å². The minimum atomic E-state index is -4.38. The first kappa shape index (κ1) is 23.3. The van der Waals surface area contributed by atoms with E-state index >= 15 is 0 Å². The first-order chi connectivity index (χ1) is 15.6. The highest BCUT2D eigenvalue weighted by Crippen LogP contribution is 2.34. The van der Waals surface area contributed by atoms with Crippen molar-refractivity contribution >= 4 is 22.5 Å². The van der Waals surface area contributed by atoms with Crippen molar-refractivity contribution in [1.82, 2.24) is 14.5 Å². The molecule has 2 aromatic heterocycles. The van der Waals surface area contributed by atoms with E-state index < -0.39 is 17.8 Å². The third-order valence-electron chi connectivity index (χ3n) is 5.98. The van der Waals surface area contributed by atoms with Crippen LogP contribution in [0.1, 0.15) is 52.5 Å². The predicted molar refractivity (Wildman–Crippen MR) is 122 cm³/mol. The zero-order valence-corrected chi connectivity index (χ0v) is 19.2. The summed E-state index contributed by atoms with van der Waals surface area (Å²) in [5.74, 6) is 0.788. The van der Waals surface area contributed by atoms with Crippen molar-refractivity contribution in [2.75, 3.05) is 0 Å². The zero-order valence-electron chi connectivity index (χ0n) is 18.4. The number of hydrogen-bond acceptors (Lipinski definition) is 3. The molecule has 1 N–H and O–H groups in total. The minimum absolute atomic E-state index is 0.358. The summed E-state index contributed by atoms with van der Waals surface area (Å²) >= 11 is 6.82. The molecule has 4 aromatic rings. The van der Waals surface area contributed by atoms with Crippen LogP contribution in [0.3, 0.4) is 0 Å². The summed E-state index contributed by atoms with van der Waals surface area (Å²) in [7, 11) is 1.84. The van der Waals surface area contributed by atoms with E-state index in [0.29, 0.717) is 45.6 Å². The molecule has 33 heavy (non-hydrogen) atoms. The topological polar surface area (TPSA) is 50.9 Å². The second-order valence-electron chi connectivity index (χ2n) is 8.04. The van der Waals surface area contributed by atoms with E-state index in [9.17, 15) is 18.3 Å². The van der Waals surface area contributed by atoms with Crippen molar-refractivity contribution in [2.45, 2.75) is 39.0 Å². The van der Waals surface area contributed by atoms with Gasteiger partial charge in [-0.2, -0.15) is 13.2 Å². The van der Waals surface area contributed by atoms with E-state index in [-0.39, 0.29) is 0 Å². The SMILES string of the molecule is CCc1nc2ccc(C(O)c3cnc(C)n3C)cc2c(Cl)c1Cc1ccc(C(F)(F)F)cc1. The minimum Gasteiger partial charge on any atom is -0.382 e. The molecule has 0 saturated heterocycles. The van der Waals surface area contributed by atoms with Crippen LogP contribution < -0.4 is 0 Å². The largest absolute Gasteiger partial charge is 0.416 e. The molecule has 2 heterocycles. The monoisotopic (exact) mass is 473 g/mol. The second-order valence-corrected chi connectivity index (χ2v) is 8.42. The molecule has 0 aliphatic rings. The van der Waals surface area contributed by atoms with Gasteiger partial charge in [0, 0.05) is 24.5 Å². The van der Waals surface area contributed by atoms with Crippen LogP contribution in [0.2, 0.25) is 5.02 Å². The van der Waals surface area contributed by atoms with Crippen molar-refractivity contribution < 1.29 is 18.3 Å². The molecule has 0 bridgehead atoms. The maximum atomic E-state index is 12.9. The molecule has 8 heteroatoms. The van der Waals surface area contributed by atoms with Crippen LogP contribution in [0, 0.1) is 6.92 Å². The highest BCUT2D eigenvalue weighted by molar-refractivity contribution is 6.36. The number of aryl methyl sites for hydroxylation is 2. The van der Waals surface area contributed by atoms with Crippen LogP contribution in [0.5, 0.6) is 0 Å². The quantitative estimate of drug-likeness (QED) is 0.376. The van der Waals surface area contributed by atoms with Gasteiger partial charge in [0.2, 0.25) is 0 Å². The maximum Gasteiger partial charge on any atom is 0.416 e. The van der Waals surface area contributed by atoms with Crippen LogP contribution >= 0.6 is 11.6 Å². The number of rotatable bonds is 5. The lowest BCUT2D eigenvalue weighted by Gasteiger charge is -2.16. The fourth-order valence-corrected chi connectivity index (χ4v) is 4.26. The maximum absolute atomic E-state index is 12.9. The molecule has 0 saturated carbocycles. The summed E-state index contributed by atoms with van der Waals surface area (Å²) in [6, 6.07) is 10.5. The molecule has 0 aliphatic carbocycles. The Kier molecular flexibility index (Phi) is 6.20. The highest BCUT2D eigenvalue weighted by atomic mass is 35.5. The standard InChI is InChI=1S/C25H23ClF3N3O/c1-4-20-18(11-15-5-8-17(9-6-15)25(27,28)29)23(26)19-12-16(7-10-21(19)31-20)24(33)22-13-30-14(2)32(22)3/h5-10,12-13,24,33H,4,11H2,1-3H3. The number of imidazole rings is 1. The fourth-order valence-electron chi connectivity index (χ4n) is 3.93. The number of aromatic nitrogens is 3. The van der Waals surface area contributed by atoms with Gasteiger partial charge < -0.3 is 9.67 Å². The number of benzene rings is 2. The molecule has 172 valence electrons. The highest BCUT2D eigenvalue weighted by Gasteiger charge is 2.30. The van der Waals surface area contributed by atoms with Crippen LogP contribution in [0.4, 0.5) is 13.2 Å². The third kappa shape index (κ3) is 4.48. The van der Waals surface area contributed by atoms with Crippen LogP contribution in [0.15, 0.2) is 48.7 Å². The average Bonchev–Trinajstić information content (AvgIpc) is 3.12. The predicted octanol–water partition coefficient (Wildman–Crippen LogP) is 6.18. The molecular weight excluding hydrogens is 451 g/mol. The van der Waals surface area contributed by atoms with Gasteiger partial charge >= 0.3 is 6.18 Å². The van der Waals surface area contributed by atoms with Gasteiger partial charge in [0.1, 0.15) is 11.9 Å². The number of fused-ring (bicyclic) bond motifs is 1. The number of hydrogen-bond donors (Lipinski definition) is 1. The average molecular weight is 474 g/mol. The van der Waals surface area contributed by atoms with Crippen molar-refractivity contribution in [3.63, 3.8) is 0 Å². The zero-order chi connectivity index (χ0) is 23.9. The van der Waals surface area contributed by atoms with Crippen LogP contribution in [-0.4, -0.2) is 19.6 Å². The van der Waals surface area contributed by atoms with E-state index in [1.165, 1.54) is 12.1 Å². The van der Waals surface area contributed by atoms with E-state index in [4.69, 9.17) is 16.6 Å². The molecular formula is C25H23ClF3N3O. The lowest BCUT2D eigenvalue weighted by Crippen LogP contribution is -2.07. The Hall–Kier alpha value is -2.90. The van der Waals surface area contributed by atoms with Gasteiger partial charge in [-0.25, -0.2) is 4.98 Å². The van der Waals surface area contributed by atoms with Crippen molar-refractivity contribution in [1.29, 1.82) is 0 Å². The fraction of sp³-hybridized carbons (Fsp3) is 0.280. The number of halogens is 4. The van der Waals surface area contributed by atoms with E-state index in [0.717, 1.165) is 29.2 Å². The summed E-state index contributed by atoms with van der Waals surface area (Å²) in [4.78, 5) is 8.98. The Morgan fingerprint density at radius 3 is 2.39 bits per heavy atom. The Morgan fingerprint density at radius 2 is 1.82 bits per heavy atom. The molecule has 0 aliphatic heterocycles. The molecule has 1 unspecified atom stereocenters. The summed E-state index contributed by atoms with van der Waals surface area (Å²) in [6.45, 7) is 3.82. The van der Waals surface area contributed by atoms with Gasteiger partial charge in [0.25, 0.3) is 0 Å². The molecule has 0 fully saturated rings. The van der Waals surface area contributed by atoms with Gasteiger partial charge in [0.05, 0.1) is 28.0 Å². The van der Waals surface area contributed by atoms with Crippen LogP contribution in [0.25, 0.3) is 10.9 Å². The Bertz CT molecular complexity index is 1310. The smallest absolute Gasteiger partial charge is 0.382 e. The molecule has 4 rings (SSSR count). The molecule has 4 nitrogen and oxygen atoms in total. The van der Waals surface area contributed by atoms with Gasteiger partial charge in [-0.1, -0.05) is 36.7 Å². The Labute approximate surface area is 194 Å². The summed E-state index contributed by atoms with van der Waals surface area (Å²) in [6.07, 6.45) is -2.64. The number of alkyl halides is 3. The summed E-state index contributed by atoms with van der Waals surface area (Å²) in [5.41, 5.74) is 3.60. The van der Waals surface area contributed by atoms with Gasteiger partial charge in [0.15, 0.2) is 0 Å². The van der Waals surface area contributed by atoms with Gasteiger partial charge in [-0.15, -0.1) is 0 Å². The number of aliphatic hydroxyl groups is 1. The third-order valence-corrected chi connectivity index (χ3v) is 6.41. The van der Waals surface area contributed by atoms with Gasteiger partial charge in [-0.05, 0) is 54.3 Å². The molecule has 2 aromatic carbocycles.